The van der Waals surface area contributed by atoms with E-state index in [-0.39, 0.29) is 6.04 Å². The molecular weight excluding hydrogens is 260 g/mol. The van der Waals surface area contributed by atoms with Gasteiger partial charge in [-0.3, -0.25) is 10.00 Å². The van der Waals surface area contributed by atoms with Gasteiger partial charge in [0, 0.05) is 7.05 Å². The van der Waals surface area contributed by atoms with E-state index in [9.17, 15) is 0 Å². The third-order valence-corrected chi connectivity index (χ3v) is 3.54. The minimum Gasteiger partial charge on any atom is -0.299 e. The molecule has 3 rings (SSSR count). The third kappa shape index (κ3) is 3.17. The van der Waals surface area contributed by atoms with Gasteiger partial charge in [0.25, 0.3) is 0 Å². The Morgan fingerprint density at radius 1 is 0.952 bits per heavy atom. The van der Waals surface area contributed by atoms with Gasteiger partial charge in [0.05, 0.1) is 12.6 Å². The lowest BCUT2D eigenvalue weighted by molar-refractivity contribution is 0.562. The van der Waals surface area contributed by atoms with E-state index < -0.39 is 0 Å². The highest BCUT2D eigenvalue weighted by Gasteiger charge is 2.14. The first-order valence-corrected chi connectivity index (χ1v) is 7.01. The molecule has 0 amide bonds. The molecule has 21 heavy (non-hydrogen) atoms. The normalized spacial score (nSPS) is 11.0. The van der Waals surface area contributed by atoms with Crippen LogP contribution in [0.25, 0.3) is 0 Å². The van der Waals surface area contributed by atoms with Crippen LogP contribution in [-0.2, 0) is 13.6 Å². The van der Waals surface area contributed by atoms with Crippen molar-refractivity contribution in [1.29, 1.82) is 0 Å². The van der Waals surface area contributed by atoms with Crippen molar-refractivity contribution < 1.29 is 0 Å². The minimum absolute atomic E-state index is 0.143. The van der Waals surface area contributed by atoms with Crippen LogP contribution in [0.15, 0.2) is 67.0 Å². The number of hydrogen-bond donors (Lipinski definition) is 1. The van der Waals surface area contributed by atoms with Crippen LogP contribution in [0.1, 0.15) is 23.0 Å². The maximum atomic E-state index is 4.26. The van der Waals surface area contributed by atoms with E-state index in [1.807, 2.05) is 19.2 Å². The summed E-state index contributed by atoms with van der Waals surface area (Å²) < 4.78 is 1.79. The first-order valence-electron chi connectivity index (χ1n) is 7.01. The predicted molar refractivity (Wildman–Crippen MR) is 82.6 cm³/mol. The van der Waals surface area contributed by atoms with Crippen LogP contribution in [0.4, 0.5) is 0 Å². The number of rotatable bonds is 5. The van der Waals surface area contributed by atoms with Crippen LogP contribution in [-0.4, -0.2) is 14.8 Å². The molecule has 0 atom stereocenters. The van der Waals surface area contributed by atoms with Gasteiger partial charge in [0.2, 0.25) is 0 Å². The molecule has 3 aromatic rings. The Morgan fingerprint density at radius 2 is 1.52 bits per heavy atom. The Bertz CT molecular complexity index is 637. The zero-order valence-corrected chi connectivity index (χ0v) is 12.0. The molecule has 0 bridgehead atoms. The number of benzene rings is 2. The molecule has 0 aliphatic heterocycles. The molecule has 0 saturated carbocycles. The SMILES string of the molecule is Cn1ncnc1CNC(c1ccccc1)c1ccccc1. The Hall–Kier alpha value is -2.46. The van der Waals surface area contributed by atoms with Gasteiger partial charge < -0.3 is 0 Å². The number of hydrogen-bond acceptors (Lipinski definition) is 3. The topological polar surface area (TPSA) is 42.7 Å². The number of nitrogens with one attached hydrogen (secondary N) is 1. The summed E-state index contributed by atoms with van der Waals surface area (Å²) in [6, 6.07) is 21.0. The van der Waals surface area contributed by atoms with E-state index >= 15 is 0 Å². The first-order chi connectivity index (χ1) is 10.3. The monoisotopic (exact) mass is 278 g/mol. The largest absolute Gasteiger partial charge is 0.299 e. The fraction of sp³-hybridized carbons (Fsp3) is 0.176. The second-order valence-corrected chi connectivity index (χ2v) is 4.94. The Labute approximate surface area is 124 Å². The molecule has 4 heteroatoms. The van der Waals surface area contributed by atoms with E-state index in [4.69, 9.17) is 0 Å². The first kappa shape index (κ1) is 13.5. The smallest absolute Gasteiger partial charge is 0.140 e. The molecule has 0 radical (unpaired) electrons. The summed E-state index contributed by atoms with van der Waals surface area (Å²) in [5.41, 5.74) is 2.48. The molecule has 0 aliphatic rings. The van der Waals surface area contributed by atoms with Crippen LogP contribution in [0.2, 0.25) is 0 Å². The van der Waals surface area contributed by atoms with Crippen LogP contribution >= 0.6 is 0 Å². The Morgan fingerprint density at radius 3 is 2.00 bits per heavy atom. The van der Waals surface area contributed by atoms with Crippen LogP contribution in [0.5, 0.6) is 0 Å². The molecule has 1 N–H and O–H groups in total. The van der Waals surface area contributed by atoms with Gasteiger partial charge in [0.1, 0.15) is 12.2 Å². The van der Waals surface area contributed by atoms with Crippen LogP contribution in [0, 0.1) is 0 Å². The second-order valence-electron chi connectivity index (χ2n) is 4.94. The van der Waals surface area contributed by atoms with Crippen molar-refractivity contribution in [1.82, 2.24) is 20.1 Å². The highest BCUT2D eigenvalue weighted by Crippen LogP contribution is 2.21. The number of aromatic nitrogens is 3. The van der Waals surface area contributed by atoms with Crippen LogP contribution < -0.4 is 5.32 Å². The molecule has 4 nitrogen and oxygen atoms in total. The quantitative estimate of drug-likeness (QED) is 0.780. The zero-order chi connectivity index (χ0) is 14.5. The van der Waals surface area contributed by atoms with Crippen molar-refractivity contribution in [3.63, 3.8) is 0 Å². The lowest BCUT2D eigenvalue weighted by Gasteiger charge is -2.19. The molecule has 0 unspecified atom stereocenters. The number of nitrogens with zero attached hydrogens (tertiary/aromatic N) is 3. The summed E-state index contributed by atoms with van der Waals surface area (Å²) in [5.74, 6) is 0.923. The van der Waals surface area contributed by atoms with Gasteiger partial charge in [-0.15, -0.1) is 0 Å². The number of aryl methyl sites for hydroxylation is 1. The Balaban J connectivity index is 1.85. The van der Waals surface area contributed by atoms with Gasteiger partial charge in [-0.2, -0.15) is 5.10 Å². The molecule has 0 aliphatic carbocycles. The maximum absolute atomic E-state index is 4.26. The lowest BCUT2D eigenvalue weighted by Crippen LogP contribution is -2.23. The van der Waals surface area contributed by atoms with E-state index in [0.717, 1.165) is 5.82 Å². The molecule has 0 fully saturated rings. The van der Waals surface area contributed by atoms with Gasteiger partial charge >= 0.3 is 0 Å². The van der Waals surface area contributed by atoms with Crippen molar-refractivity contribution in [2.45, 2.75) is 12.6 Å². The highest BCUT2D eigenvalue weighted by molar-refractivity contribution is 5.31. The summed E-state index contributed by atoms with van der Waals surface area (Å²) in [5, 5.41) is 7.68. The average molecular weight is 278 g/mol. The van der Waals surface area contributed by atoms with Crippen molar-refractivity contribution in [2.75, 3.05) is 0 Å². The molecule has 0 saturated heterocycles. The summed E-state index contributed by atoms with van der Waals surface area (Å²) in [6.45, 7) is 0.672. The summed E-state index contributed by atoms with van der Waals surface area (Å²) in [7, 11) is 1.91. The van der Waals surface area contributed by atoms with Gasteiger partial charge in [0.15, 0.2) is 0 Å². The molecule has 1 aromatic heterocycles. The van der Waals surface area contributed by atoms with Crippen molar-refractivity contribution in [3.05, 3.63) is 83.9 Å². The summed E-state index contributed by atoms with van der Waals surface area (Å²) >= 11 is 0. The standard InChI is InChI=1S/C17H18N4/c1-21-16(19-13-20-21)12-18-17(14-8-4-2-5-9-14)15-10-6-3-7-11-15/h2-11,13,17-18H,12H2,1H3. The van der Waals surface area contributed by atoms with Gasteiger partial charge in [-0.05, 0) is 11.1 Å². The molecule has 2 aromatic carbocycles. The maximum Gasteiger partial charge on any atom is 0.140 e. The van der Waals surface area contributed by atoms with E-state index in [2.05, 4.69) is 63.9 Å². The molecule has 106 valence electrons. The third-order valence-electron chi connectivity index (χ3n) is 3.54. The van der Waals surface area contributed by atoms with Crippen molar-refractivity contribution >= 4 is 0 Å². The van der Waals surface area contributed by atoms with E-state index in [0.29, 0.717) is 6.54 Å². The fourth-order valence-electron chi connectivity index (χ4n) is 2.39. The summed E-state index contributed by atoms with van der Waals surface area (Å²) in [6.07, 6.45) is 1.58. The Kier molecular flexibility index (Phi) is 4.07. The minimum atomic E-state index is 0.143. The fourth-order valence-corrected chi connectivity index (χ4v) is 2.39. The van der Waals surface area contributed by atoms with Crippen molar-refractivity contribution in [3.8, 4) is 0 Å². The van der Waals surface area contributed by atoms with Gasteiger partial charge in [-0.1, -0.05) is 60.7 Å². The van der Waals surface area contributed by atoms with E-state index in [1.54, 1.807) is 11.0 Å². The average Bonchev–Trinajstić information content (AvgIpc) is 2.95. The van der Waals surface area contributed by atoms with E-state index in [1.165, 1.54) is 11.1 Å². The van der Waals surface area contributed by atoms with Gasteiger partial charge in [-0.25, -0.2) is 4.98 Å². The van der Waals surface area contributed by atoms with Crippen molar-refractivity contribution in [2.24, 2.45) is 7.05 Å². The predicted octanol–water partition coefficient (Wildman–Crippen LogP) is 2.69. The zero-order valence-electron chi connectivity index (χ0n) is 12.0. The molecule has 1 heterocycles. The summed E-state index contributed by atoms with van der Waals surface area (Å²) in [4.78, 5) is 4.26. The highest BCUT2D eigenvalue weighted by atomic mass is 15.3. The lowest BCUT2D eigenvalue weighted by atomic mass is 9.99. The van der Waals surface area contributed by atoms with Crippen LogP contribution in [0.3, 0.4) is 0 Å². The molecular formula is C17H18N4. The molecule has 0 spiro atoms. The second kappa shape index (κ2) is 6.33.